The third-order valence-electron chi connectivity index (χ3n) is 3.19. The molecular weight excluding hydrogens is 345 g/mol. The fourth-order valence-electron chi connectivity index (χ4n) is 2.02. The molecule has 0 aliphatic heterocycles. The van der Waals surface area contributed by atoms with Crippen molar-refractivity contribution in [1.82, 2.24) is 0 Å². The summed E-state index contributed by atoms with van der Waals surface area (Å²) in [6, 6.07) is 9.56. The number of hydrogen-bond acceptors (Lipinski definition) is 1. The predicted octanol–water partition coefficient (Wildman–Crippen LogP) is 5.42. The van der Waals surface area contributed by atoms with Crippen LogP contribution in [0, 0.1) is 13.8 Å². The topological polar surface area (TPSA) is 26.0 Å². The standard InChI is InChI=1S/C15H14BrCl2N/c1-8-6-14(18)9(2)5-11(8)15(19)10-3-4-13(17)12(16)7-10/h3-7,15H,19H2,1-2H3. The van der Waals surface area contributed by atoms with Crippen LogP contribution in [-0.2, 0) is 0 Å². The maximum atomic E-state index is 6.35. The molecule has 0 fully saturated rings. The molecule has 2 aromatic rings. The van der Waals surface area contributed by atoms with Gasteiger partial charge in [0, 0.05) is 9.50 Å². The SMILES string of the molecule is Cc1cc(C(N)c2ccc(Cl)c(Br)c2)c(C)cc1Cl. The first-order valence-corrected chi connectivity index (χ1v) is 7.42. The van der Waals surface area contributed by atoms with Gasteiger partial charge in [-0.3, -0.25) is 0 Å². The molecule has 2 aromatic carbocycles. The smallest absolute Gasteiger partial charge is 0.0554 e. The summed E-state index contributed by atoms with van der Waals surface area (Å²) in [6.45, 7) is 4.00. The fourth-order valence-corrected chi connectivity index (χ4v) is 2.76. The minimum atomic E-state index is -0.190. The average molecular weight is 359 g/mol. The fraction of sp³-hybridized carbons (Fsp3) is 0.200. The Morgan fingerprint density at radius 1 is 1.00 bits per heavy atom. The van der Waals surface area contributed by atoms with E-state index >= 15 is 0 Å². The van der Waals surface area contributed by atoms with Gasteiger partial charge in [0.2, 0.25) is 0 Å². The Kier molecular flexibility index (Phi) is 4.57. The van der Waals surface area contributed by atoms with Gasteiger partial charge in [0.15, 0.2) is 0 Å². The van der Waals surface area contributed by atoms with Gasteiger partial charge in [-0.25, -0.2) is 0 Å². The Morgan fingerprint density at radius 2 is 1.68 bits per heavy atom. The van der Waals surface area contributed by atoms with Crippen molar-refractivity contribution in [2.24, 2.45) is 5.73 Å². The molecule has 0 spiro atoms. The number of rotatable bonds is 2. The lowest BCUT2D eigenvalue weighted by molar-refractivity contribution is 0.859. The minimum Gasteiger partial charge on any atom is -0.320 e. The maximum absolute atomic E-state index is 6.35. The highest BCUT2D eigenvalue weighted by molar-refractivity contribution is 9.10. The number of halogens is 3. The van der Waals surface area contributed by atoms with Crippen LogP contribution >= 0.6 is 39.1 Å². The summed E-state index contributed by atoms with van der Waals surface area (Å²) in [6.07, 6.45) is 0. The van der Waals surface area contributed by atoms with Gasteiger partial charge in [-0.2, -0.15) is 0 Å². The van der Waals surface area contributed by atoms with Crippen LogP contribution in [0.1, 0.15) is 28.3 Å². The Hall–Kier alpha value is -0.540. The number of aryl methyl sites for hydroxylation is 2. The van der Waals surface area contributed by atoms with E-state index in [1.165, 1.54) is 0 Å². The number of nitrogens with two attached hydrogens (primary N) is 1. The van der Waals surface area contributed by atoms with Crippen LogP contribution in [-0.4, -0.2) is 0 Å². The molecule has 0 saturated carbocycles. The normalized spacial score (nSPS) is 12.5. The lowest BCUT2D eigenvalue weighted by atomic mass is 9.94. The van der Waals surface area contributed by atoms with E-state index in [-0.39, 0.29) is 6.04 Å². The second-order valence-corrected chi connectivity index (χ2v) is 6.28. The molecule has 4 heteroatoms. The van der Waals surface area contributed by atoms with E-state index in [1.807, 2.05) is 44.2 Å². The van der Waals surface area contributed by atoms with E-state index < -0.39 is 0 Å². The van der Waals surface area contributed by atoms with Crippen molar-refractivity contribution in [3.63, 3.8) is 0 Å². The highest BCUT2D eigenvalue weighted by Crippen LogP contribution is 2.31. The van der Waals surface area contributed by atoms with E-state index in [0.717, 1.165) is 31.7 Å². The zero-order valence-electron chi connectivity index (χ0n) is 10.7. The van der Waals surface area contributed by atoms with Crippen LogP contribution in [0.15, 0.2) is 34.8 Å². The highest BCUT2D eigenvalue weighted by atomic mass is 79.9. The van der Waals surface area contributed by atoms with Crippen molar-refractivity contribution in [2.75, 3.05) is 0 Å². The molecule has 0 aliphatic carbocycles. The van der Waals surface area contributed by atoms with E-state index in [9.17, 15) is 0 Å². The predicted molar refractivity (Wildman–Crippen MR) is 86.1 cm³/mol. The third-order valence-corrected chi connectivity index (χ3v) is 4.81. The Bertz CT molecular complexity index is 626. The summed E-state index contributed by atoms with van der Waals surface area (Å²) < 4.78 is 0.852. The Morgan fingerprint density at radius 3 is 2.32 bits per heavy atom. The zero-order chi connectivity index (χ0) is 14.2. The summed E-state index contributed by atoms with van der Waals surface area (Å²) >= 11 is 15.5. The minimum absolute atomic E-state index is 0.190. The summed E-state index contributed by atoms with van der Waals surface area (Å²) in [5.41, 5.74) is 10.6. The van der Waals surface area contributed by atoms with E-state index in [2.05, 4.69) is 15.9 Å². The summed E-state index contributed by atoms with van der Waals surface area (Å²) in [5.74, 6) is 0. The molecule has 1 unspecified atom stereocenters. The molecule has 2 rings (SSSR count). The van der Waals surface area contributed by atoms with E-state index in [0.29, 0.717) is 5.02 Å². The zero-order valence-corrected chi connectivity index (χ0v) is 13.8. The third kappa shape index (κ3) is 3.14. The summed E-state index contributed by atoms with van der Waals surface area (Å²) in [5, 5.41) is 1.45. The molecule has 1 nitrogen and oxygen atoms in total. The second kappa shape index (κ2) is 5.84. The van der Waals surface area contributed by atoms with Crippen LogP contribution in [0.5, 0.6) is 0 Å². The molecule has 2 N–H and O–H groups in total. The molecule has 0 aliphatic rings. The van der Waals surface area contributed by atoms with Crippen LogP contribution in [0.2, 0.25) is 10.0 Å². The average Bonchev–Trinajstić information content (AvgIpc) is 2.36. The molecule has 0 radical (unpaired) electrons. The van der Waals surface area contributed by atoms with Gasteiger partial charge in [0.05, 0.1) is 11.1 Å². The molecule has 0 bridgehead atoms. The second-order valence-electron chi connectivity index (χ2n) is 4.61. The number of hydrogen-bond donors (Lipinski definition) is 1. The van der Waals surface area contributed by atoms with Gasteiger partial charge in [-0.15, -0.1) is 0 Å². The van der Waals surface area contributed by atoms with Crippen LogP contribution in [0.4, 0.5) is 0 Å². The van der Waals surface area contributed by atoms with Crippen molar-refractivity contribution in [3.8, 4) is 0 Å². The van der Waals surface area contributed by atoms with E-state index in [1.54, 1.807) is 0 Å². The summed E-state index contributed by atoms with van der Waals surface area (Å²) in [4.78, 5) is 0. The Labute approximate surface area is 131 Å². The molecule has 0 amide bonds. The van der Waals surface area contributed by atoms with Crippen molar-refractivity contribution < 1.29 is 0 Å². The van der Waals surface area contributed by atoms with Gasteiger partial charge in [-0.1, -0.05) is 35.3 Å². The van der Waals surface area contributed by atoms with Gasteiger partial charge >= 0.3 is 0 Å². The first kappa shape index (κ1) is 14.9. The molecule has 0 saturated heterocycles. The quantitative estimate of drug-likeness (QED) is 0.761. The van der Waals surface area contributed by atoms with Gasteiger partial charge in [0.25, 0.3) is 0 Å². The molecule has 19 heavy (non-hydrogen) atoms. The van der Waals surface area contributed by atoms with Crippen molar-refractivity contribution >= 4 is 39.1 Å². The molecular formula is C15H14BrCl2N. The maximum Gasteiger partial charge on any atom is 0.0554 e. The molecule has 0 aromatic heterocycles. The van der Waals surface area contributed by atoms with Crippen molar-refractivity contribution in [1.29, 1.82) is 0 Å². The van der Waals surface area contributed by atoms with Crippen LogP contribution in [0.3, 0.4) is 0 Å². The largest absolute Gasteiger partial charge is 0.320 e. The molecule has 1 atom stereocenters. The van der Waals surface area contributed by atoms with Crippen LogP contribution in [0.25, 0.3) is 0 Å². The van der Waals surface area contributed by atoms with Crippen molar-refractivity contribution in [2.45, 2.75) is 19.9 Å². The van der Waals surface area contributed by atoms with Gasteiger partial charge < -0.3 is 5.73 Å². The molecule has 0 heterocycles. The van der Waals surface area contributed by atoms with Gasteiger partial charge in [0.1, 0.15) is 0 Å². The molecule has 100 valence electrons. The van der Waals surface area contributed by atoms with Crippen LogP contribution < -0.4 is 5.73 Å². The van der Waals surface area contributed by atoms with Gasteiger partial charge in [-0.05, 0) is 70.2 Å². The lowest BCUT2D eigenvalue weighted by Crippen LogP contribution is -2.13. The monoisotopic (exact) mass is 357 g/mol. The number of benzene rings is 2. The van der Waals surface area contributed by atoms with E-state index in [4.69, 9.17) is 28.9 Å². The summed E-state index contributed by atoms with van der Waals surface area (Å²) in [7, 11) is 0. The lowest BCUT2D eigenvalue weighted by Gasteiger charge is -2.17. The Balaban J connectivity index is 2.46. The first-order chi connectivity index (χ1) is 8.90. The first-order valence-electron chi connectivity index (χ1n) is 5.87. The van der Waals surface area contributed by atoms with Crippen molar-refractivity contribution in [3.05, 3.63) is 67.1 Å². The highest BCUT2D eigenvalue weighted by Gasteiger charge is 2.14.